The molecule has 1 amide bonds. The monoisotopic (exact) mass is 322 g/mol. The fourth-order valence-corrected chi connectivity index (χ4v) is 2.76. The molecule has 0 aliphatic carbocycles. The molecular formula is C15H19BrN2O. The van der Waals surface area contributed by atoms with Crippen LogP contribution in [0.5, 0.6) is 0 Å². The van der Waals surface area contributed by atoms with Gasteiger partial charge in [0.25, 0.3) is 5.91 Å². The normalized spacial score (nSPS) is 16.7. The summed E-state index contributed by atoms with van der Waals surface area (Å²) in [6.07, 6.45) is 7.01. The smallest absolute Gasteiger partial charge is 0.258 e. The molecule has 0 unspecified atom stereocenters. The number of hydrogen-bond donors (Lipinski definition) is 1. The number of aryl methyl sites for hydroxylation is 1. The van der Waals surface area contributed by atoms with E-state index in [4.69, 9.17) is 0 Å². The molecule has 1 aliphatic rings. The molecule has 0 bridgehead atoms. The van der Waals surface area contributed by atoms with Gasteiger partial charge in [0.2, 0.25) is 0 Å². The Morgan fingerprint density at radius 1 is 1.32 bits per heavy atom. The van der Waals surface area contributed by atoms with Gasteiger partial charge in [-0.1, -0.05) is 34.5 Å². The van der Waals surface area contributed by atoms with Crippen molar-refractivity contribution in [1.82, 2.24) is 10.4 Å². The maximum absolute atomic E-state index is 11.8. The highest BCUT2D eigenvalue weighted by atomic mass is 79.9. The van der Waals surface area contributed by atoms with Gasteiger partial charge < -0.3 is 0 Å². The van der Waals surface area contributed by atoms with Gasteiger partial charge in [-0.25, -0.2) is 5.01 Å². The van der Waals surface area contributed by atoms with E-state index in [1.54, 1.807) is 6.08 Å². The van der Waals surface area contributed by atoms with Gasteiger partial charge in [0.15, 0.2) is 0 Å². The number of nitrogens with zero attached hydrogens (tertiary/aromatic N) is 1. The van der Waals surface area contributed by atoms with Crippen LogP contribution in [0.4, 0.5) is 0 Å². The predicted octanol–water partition coefficient (Wildman–Crippen LogP) is 3.29. The molecule has 102 valence electrons. The van der Waals surface area contributed by atoms with Crippen LogP contribution in [-0.2, 0) is 4.79 Å². The zero-order valence-corrected chi connectivity index (χ0v) is 12.7. The van der Waals surface area contributed by atoms with E-state index in [-0.39, 0.29) is 5.91 Å². The van der Waals surface area contributed by atoms with Gasteiger partial charge in [-0.2, -0.15) is 0 Å². The van der Waals surface area contributed by atoms with E-state index in [1.165, 1.54) is 12.0 Å². The summed E-state index contributed by atoms with van der Waals surface area (Å²) < 4.78 is 1.01. The Hall–Kier alpha value is -1.13. The van der Waals surface area contributed by atoms with E-state index in [0.29, 0.717) is 0 Å². The first-order chi connectivity index (χ1) is 9.15. The average molecular weight is 323 g/mol. The topological polar surface area (TPSA) is 32.3 Å². The van der Waals surface area contributed by atoms with Crippen molar-refractivity contribution in [2.24, 2.45) is 0 Å². The summed E-state index contributed by atoms with van der Waals surface area (Å²) in [5, 5.41) is 2.00. The van der Waals surface area contributed by atoms with Crippen molar-refractivity contribution in [3.05, 3.63) is 39.9 Å². The Morgan fingerprint density at radius 2 is 2.05 bits per heavy atom. The maximum atomic E-state index is 11.8. The summed E-state index contributed by atoms with van der Waals surface area (Å²) in [6, 6.07) is 6.08. The van der Waals surface area contributed by atoms with E-state index < -0.39 is 0 Å². The minimum absolute atomic E-state index is 0.0608. The summed E-state index contributed by atoms with van der Waals surface area (Å²) >= 11 is 3.50. The van der Waals surface area contributed by atoms with Crippen LogP contribution in [-0.4, -0.2) is 24.0 Å². The molecule has 1 N–H and O–H groups in total. The molecule has 2 rings (SSSR count). The Labute approximate surface area is 122 Å². The van der Waals surface area contributed by atoms with Crippen LogP contribution in [0.15, 0.2) is 28.7 Å². The number of amides is 1. The zero-order valence-electron chi connectivity index (χ0n) is 11.2. The number of benzene rings is 1. The molecule has 0 spiro atoms. The minimum atomic E-state index is -0.0608. The third kappa shape index (κ3) is 4.48. The first-order valence-electron chi connectivity index (χ1n) is 6.65. The fourth-order valence-electron chi connectivity index (χ4n) is 2.13. The van der Waals surface area contributed by atoms with E-state index in [9.17, 15) is 4.79 Å². The number of hydrogen-bond acceptors (Lipinski definition) is 2. The molecule has 1 aromatic rings. The van der Waals surface area contributed by atoms with Crippen LogP contribution >= 0.6 is 15.9 Å². The van der Waals surface area contributed by atoms with Gasteiger partial charge in [0, 0.05) is 23.6 Å². The first-order valence-corrected chi connectivity index (χ1v) is 7.44. The van der Waals surface area contributed by atoms with Crippen molar-refractivity contribution < 1.29 is 4.79 Å². The predicted molar refractivity (Wildman–Crippen MR) is 81.5 cm³/mol. The van der Waals surface area contributed by atoms with Gasteiger partial charge in [-0.05, 0) is 43.0 Å². The molecule has 0 saturated carbocycles. The lowest BCUT2D eigenvalue weighted by atomic mass is 10.1. The third-order valence-electron chi connectivity index (χ3n) is 3.19. The molecule has 4 heteroatoms. The number of hydrazine groups is 1. The van der Waals surface area contributed by atoms with Crippen molar-refractivity contribution >= 4 is 27.9 Å². The first kappa shape index (κ1) is 14.3. The highest BCUT2D eigenvalue weighted by molar-refractivity contribution is 9.10. The van der Waals surface area contributed by atoms with Crippen molar-refractivity contribution in [2.45, 2.75) is 26.2 Å². The van der Waals surface area contributed by atoms with Crippen LogP contribution < -0.4 is 5.43 Å². The van der Waals surface area contributed by atoms with E-state index in [1.807, 2.05) is 36.2 Å². The summed E-state index contributed by atoms with van der Waals surface area (Å²) in [4.78, 5) is 11.8. The second-order valence-corrected chi connectivity index (χ2v) is 5.74. The lowest BCUT2D eigenvalue weighted by Crippen LogP contribution is -2.44. The molecule has 1 saturated heterocycles. The molecule has 3 nitrogen and oxygen atoms in total. The Bertz CT molecular complexity index is 479. The molecule has 19 heavy (non-hydrogen) atoms. The molecule has 1 aromatic carbocycles. The molecule has 0 atom stereocenters. The fraction of sp³-hybridized carbons (Fsp3) is 0.400. The summed E-state index contributed by atoms with van der Waals surface area (Å²) in [5.74, 6) is -0.0608. The van der Waals surface area contributed by atoms with Gasteiger partial charge >= 0.3 is 0 Å². The van der Waals surface area contributed by atoms with Gasteiger partial charge in [0.1, 0.15) is 0 Å². The standard InChI is InChI=1S/C15H19BrN2O/c1-12-5-6-13(14(16)11-12)7-8-15(19)17-18-9-3-2-4-10-18/h5-8,11H,2-4,9-10H2,1H3,(H,17,19)/b8-7+. The number of rotatable bonds is 3. The molecule has 0 aromatic heterocycles. The molecule has 1 fully saturated rings. The SMILES string of the molecule is Cc1ccc(/C=C/C(=O)NN2CCCCC2)c(Br)c1. The number of nitrogens with one attached hydrogen (secondary N) is 1. The Kier molecular flexibility index (Phi) is 5.16. The van der Waals surface area contributed by atoms with E-state index >= 15 is 0 Å². The third-order valence-corrected chi connectivity index (χ3v) is 3.88. The lowest BCUT2D eigenvalue weighted by Gasteiger charge is -2.26. The summed E-state index contributed by atoms with van der Waals surface area (Å²) in [6.45, 7) is 3.95. The second-order valence-electron chi connectivity index (χ2n) is 4.88. The quantitative estimate of drug-likeness (QED) is 0.866. The Morgan fingerprint density at radius 3 is 2.74 bits per heavy atom. The van der Waals surface area contributed by atoms with Crippen LogP contribution in [0.1, 0.15) is 30.4 Å². The average Bonchev–Trinajstić information content (AvgIpc) is 2.39. The van der Waals surface area contributed by atoms with Crippen molar-refractivity contribution in [3.8, 4) is 0 Å². The summed E-state index contributed by atoms with van der Waals surface area (Å²) in [5.41, 5.74) is 5.12. The maximum Gasteiger partial charge on any atom is 0.258 e. The largest absolute Gasteiger partial charge is 0.285 e. The van der Waals surface area contributed by atoms with Gasteiger partial charge in [-0.15, -0.1) is 0 Å². The van der Waals surface area contributed by atoms with Crippen molar-refractivity contribution in [1.29, 1.82) is 0 Å². The molecule has 1 aliphatic heterocycles. The number of carbonyl (C=O) groups excluding carboxylic acids is 1. The Balaban J connectivity index is 1.92. The van der Waals surface area contributed by atoms with Crippen LogP contribution in [0.3, 0.4) is 0 Å². The molecular weight excluding hydrogens is 304 g/mol. The van der Waals surface area contributed by atoms with Crippen LogP contribution in [0.2, 0.25) is 0 Å². The zero-order chi connectivity index (χ0) is 13.7. The van der Waals surface area contributed by atoms with Gasteiger partial charge in [-0.3, -0.25) is 10.2 Å². The van der Waals surface area contributed by atoms with E-state index in [2.05, 4.69) is 21.4 Å². The highest BCUT2D eigenvalue weighted by Crippen LogP contribution is 2.19. The van der Waals surface area contributed by atoms with Gasteiger partial charge in [0.05, 0.1) is 0 Å². The van der Waals surface area contributed by atoms with Crippen LogP contribution in [0, 0.1) is 6.92 Å². The highest BCUT2D eigenvalue weighted by Gasteiger charge is 2.10. The molecule has 0 radical (unpaired) electrons. The number of halogens is 1. The van der Waals surface area contributed by atoms with E-state index in [0.717, 1.165) is 36.0 Å². The minimum Gasteiger partial charge on any atom is -0.285 e. The lowest BCUT2D eigenvalue weighted by molar-refractivity contribution is -0.121. The number of piperidine rings is 1. The molecule has 1 heterocycles. The van der Waals surface area contributed by atoms with Crippen molar-refractivity contribution in [3.63, 3.8) is 0 Å². The second kappa shape index (κ2) is 6.87. The summed E-state index contributed by atoms with van der Waals surface area (Å²) in [7, 11) is 0. The van der Waals surface area contributed by atoms with Crippen molar-refractivity contribution in [2.75, 3.05) is 13.1 Å². The van der Waals surface area contributed by atoms with Crippen LogP contribution in [0.25, 0.3) is 6.08 Å². The number of carbonyl (C=O) groups is 1.